The molecule has 0 spiro atoms. The van der Waals surface area contributed by atoms with Gasteiger partial charge in [-0.2, -0.15) is 5.26 Å². The van der Waals surface area contributed by atoms with Gasteiger partial charge in [0, 0.05) is 31.0 Å². The monoisotopic (exact) mass is 521 g/mol. The Hall–Kier alpha value is -3.75. The molecule has 3 aromatic rings. The third-order valence-corrected chi connectivity index (χ3v) is 6.89. The molecule has 10 nitrogen and oxygen atoms in total. The van der Waals surface area contributed by atoms with Crippen LogP contribution in [0.25, 0.3) is 0 Å². The summed E-state index contributed by atoms with van der Waals surface area (Å²) in [6.45, 7) is 4.84. The lowest BCUT2D eigenvalue weighted by Crippen LogP contribution is -2.35. The van der Waals surface area contributed by atoms with Crippen molar-refractivity contribution in [1.82, 2.24) is 24.8 Å². The molecule has 1 fully saturated rings. The lowest BCUT2D eigenvalue weighted by atomic mass is 9.94. The van der Waals surface area contributed by atoms with E-state index in [0.717, 1.165) is 37.4 Å². The van der Waals surface area contributed by atoms with E-state index in [2.05, 4.69) is 31.2 Å². The minimum atomic E-state index is -0.179. The molecule has 2 aromatic heterocycles. The summed E-state index contributed by atoms with van der Waals surface area (Å²) < 4.78 is 10.9. The molecular formula is C26H31N7O3S. The van der Waals surface area contributed by atoms with Gasteiger partial charge in [-0.05, 0) is 50.6 Å². The van der Waals surface area contributed by atoms with Crippen molar-refractivity contribution in [1.29, 1.82) is 5.26 Å². The zero-order chi connectivity index (χ0) is 26.2. The van der Waals surface area contributed by atoms with Gasteiger partial charge in [0.15, 0.2) is 5.13 Å². The molecule has 1 aromatic carbocycles. The Morgan fingerprint density at radius 2 is 2.05 bits per heavy atom. The van der Waals surface area contributed by atoms with Gasteiger partial charge in [0.25, 0.3) is 5.91 Å². The number of piperidine rings is 1. The molecule has 0 saturated carbocycles. The number of nitrogens with one attached hydrogen (secondary N) is 1. The minimum absolute atomic E-state index is 0.179. The maximum Gasteiger partial charge on any atom is 0.273 e. The van der Waals surface area contributed by atoms with Crippen LogP contribution in [-0.2, 0) is 0 Å². The predicted octanol–water partition coefficient (Wildman–Crippen LogP) is 3.85. The summed E-state index contributed by atoms with van der Waals surface area (Å²) in [5, 5.41) is 14.6. The second-order valence-corrected chi connectivity index (χ2v) is 9.73. The first-order valence-electron chi connectivity index (χ1n) is 12.1. The number of nitriles is 1. The molecule has 1 aliphatic rings. The van der Waals surface area contributed by atoms with Gasteiger partial charge in [-0.25, -0.2) is 15.0 Å². The Labute approximate surface area is 220 Å². The number of benzene rings is 1. The number of hydrogen-bond donors (Lipinski definition) is 1. The van der Waals surface area contributed by atoms with Gasteiger partial charge in [-0.15, -0.1) is 11.3 Å². The third kappa shape index (κ3) is 7.15. The summed E-state index contributed by atoms with van der Waals surface area (Å²) in [6.07, 6.45) is 2.07. The third-order valence-electron chi connectivity index (χ3n) is 6.14. The number of carbonyl (C=O) groups excluding carboxylic acids is 1. The normalized spacial score (nSPS) is 15.6. The highest BCUT2D eigenvalue weighted by atomic mass is 32.1. The topological polar surface area (TPSA) is 117 Å². The molecule has 0 bridgehead atoms. The van der Waals surface area contributed by atoms with Crippen LogP contribution in [0.3, 0.4) is 0 Å². The number of likely N-dealkylation sites (tertiary alicyclic amines) is 1. The summed E-state index contributed by atoms with van der Waals surface area (Å²) in [4.78, 5) is 30.2. The highest BCUT2D eigenvalue weighted by Gasteiger charge is 2.23. The van der Waals surface area contributed by atoms with Gasteiger partial charge in [-0.3, -0.25) is 9.69 Å². The fourth-order valence-electron chi connectivity index (χ4n) is 4.21. The van der Waals surface area contributed by atoms with E-state index in [0.29, 0.717) is 47.9 Å². The summed E-state index contributed by atoms with van der Waals surface area (Å²) >= 11 is 1.35. The van der Waals surface area contributed by atoms with E-state index >= 15 is 0 Å². The quantitative estimate of drug-likeness (QED) is 0.397. The van der Waals surface area contributed by atoms with E-state index < -0.39 is 0 Å². The van der Waals surface area contributed by atoms with Crippen LogP contribution in [0, 0.1) is 18.3 Å². The molecule has 0 radical (unpaired) electrons. The van der Waals surface area contributed by atoms with Crippen LogP contribution in [0.15, 0.2) is 35.7 Å². The van der Waals surface area contributed by atoms with Crippen LogP contribution in [-0.4, -0.2) is 77.6 Å². The largest absolute Gasteiger partial charge is 0.497 e. The van der Waals surface area contributed by atoms with Crippen LogP contribution in [0.2, 0.25) is 0 Å². The van der Waals surface area contributed by atoms with Gasteiger partial charge in [-0.1, -0.05) is 0 Å². The van der Waals surface area contributed by atoms with Crippen LogP contribution in [0.1, 0.15) is 40.8 Å². The second kappa shape index (κ2) is 12.5. The standard InChI is InChI=1S/C26H31N7O3S/c1-18-28-22(19-5-4-11-33(16-19)12-10-27)15-24(29-18)31-26-30-23(17-37-26)25(34)32(2)13-14-36-21-8-6-20(35-3)7-9-21/h6-9,15,17,19H,4-5,11-14,16H2,1-3H3,(H,28,29,30,31). The number of nitrogens with zero attached hydrogens (tertiary/aromatic N) is 6. The Morgan fingerprint density at radius 3 is 2.81 bits per heavy atom. The van der Waals surface area contributed by atoms with Crippen molar-refractivity contribution in [3.8, 4) is 17.6 Å². The smallest absolute Gasteiger partial charge is 0.273 e. The molecule has 11 heteroatoms. The SMILES string of the molecule is COc1ccc(OCCN(C)C(=O)c2csc(Nc3cc(C4CCCN(CC#N)C4)nc(C)n3)n2)cc1. The lowest BCUT2D eigenvalue weighted by molar-refractivity contribution is 0.0769. The highest BCUT2D eigenvalue weighted by Crippen LogP contribution is 2.28. The molecular weight excluding hydrogens is 490 g/mol. The first-order valence-corrected chi connectivity index (χ1v) is 13.0. The molecule has 37 heavy (non-hydrogen) atoms. The van der Waals surface area contributed by atoms with E-state index in [-0.39, 0.29) is 11.8 Å². The molecule has 194 valence electrons. The second-order valence-electron chi connectivity index (χ2n) is 8.87. The number of thiazole rings is 1. The van der Waals surface area contributed by atoms with Crippen molar-refractivity contribution >= 4 is 28.2 Å². The number of ether oxygens (including phenoxy) is 2. The Morgan fingerprint density at radius 1 is 1.27 bits per heavy atom. The summed E-state index contributed by atoms with van der Waals surface area (Å²) in [7, 11) is 3.34. The van der Waals surface area contributed by atoms with Crippen molar-refractivity contribution in [2.24, 2.45) is 0 Å². The Bertz CT molecular complexity index is 1240. The molecule has 1 N–H and O–H groups in total. The lowest BCUT2D eigenvalue weighted by Gasteiger charge is -2.30. The molecule has 1 saturated heterocycles. The fourth-order valence-corrected chi connectivity index (χ4v) is 4.90. The molecule has 1 amide bonds. The van der Waals surface area contributed by atoms with Gasteiger partial charge in [0.05, 0.1) is 32.0 Å². The zero-order valence-corrected chi connectivity index (χ0v) is 22.1. The summed E-state index contributed by atoms with van der Waals surface area (Å²) in [6, 6.07) is 11.5. The zero-order valence-electron chi connectivity index (χ0n) is 21.3. The first-order chi connectivity index (χ1) is 17.9. The van der Waals surface area contributed by atoms with Crippen LogP contribution in [0.5, 0.6) is 11.5 Å². The molecule has 1 atom stereocenters. The Balaban J connectivity index is 1.33. The molecule has 1 unspecified atom stereocenters. The average molecular weight is 522 g/mol. The molecule has 4 rings (SSSR count). The number of amides is 1. The highest BCUT2D eigenvalue weighted by molar-refractivity contribution is 7.14. The molecule has 3 heterocycles. The van der Waals surface area contributed by atoms with Crippen LogP contribution < -0.4 is 14.8 Å². The first kappa shape index (κ1) is 26.3. The van der Waals surface area contributed by atoms with E-state index in [1.165, 1.54) is 11.3 Å². The number of hydrogen-bond acceptors (Lipinski definition) is 10. The fraction of sp³-hybridized carbons (Fsp3) is 0.423. The van der Waals surface area contributed by atoms with Gasteiger partial charge in [0.1, 0.15) is 35.4 Å². The number of aryl methyl sites for hydroxylation is 1. The van der Waals surface area contributed by atoms with Crippen molar-refractivity contribution in [2.75, 3.05) is 52.3 Å². The molecule has 0 aliphatic carbocycles. The maximum atomic E-state index is 12.9. The van der Waals surface area contributed by atoms with Crippen LogP contribution in [0.4, 0.5) is 10.9 Å². The number of likely N-dealkylation sites (N-methyl/N-ethyl adjacent to an activating group) is 1. The van der Waals surface area contributed by atoms with Crippen molar-refractivity contribution in [3.63, 3.8) is 0 Å². The average Bonchev–Trinajstić information content (AvgIpc) is 3.37. The van der Waals surface area contributed by atoms with Gasteiger partial charge >= 0.3 is 0 Å². The van der Waals surface area contributed by atoms with Crippen molar-refractivity contribution in [2.45, 2.75) is 25.7 Å². The van der Waals surface area contributed by atoms with Crippen molar-refractivity contribution < 1.29 is 14.3 Å². The van der Waals surface area contributed by atoms with E-state index in [1.807, 2.05) is 37.3 Å². The number of methoxy groups -OCH3 is 1. The van der Waals surface area contributed by atoms with Gasteiger partial charge < -0.3 is 19.7 Å². The summed E-state index contributed by atoms with van der Waals surface area (Å²) in [5.74, 6) is 2.87. The minimum Gasteiger partial charge on any atom is -0.497 e. The van der Waals surface area contributed by atoms with Crippen LogP contribution >= 0.6 is 11.3 Å². The Kier molecular flexibility index (Phi) is 8.87. The molecule has 1 aliphatic heterocycles. The summed E-state index contributed by atoms with van der Waals surface area (Å²) in [5.41, 5.74) is 1.33. The number of anilines is 2. The number of aromatic nitrogens is 3. The van der Waals surface area contributed by atoms with E-state index in [9.17, 15) is 4.79 Å². The van der Waals surface area contributed by atoms with Gasteiger partial charge in [0.2, 0.25) is 0 Å². The van der Waals surface area contributed by atoms with E-state index in [4.69, 9.17) is 14.7 Å². The number of rotatable bonds is 10. The van der Waals surface area contributed by atoms with E-state index in [1.54, 1.807) is 24.4 Å². The predicted molar refractivity (Wildman–Crippen MR) is 142 cm³/mol. The number of carbonyl (C=O) groups is 1. The van der Waals surface area contributed by atoms with Crippen molar-refractivity contribution in [3.05, 3.63) is 52.9 Å². The maximum absolute atomic E-state index is 12.9.